The lowest BCUT2D eigenvalue weighted by Gasteiger charge is -2.14. The minimum absolute atomic E-state index is 0.0263. The number of hydrogen-bond donors (Lipinski definition) is 1. The Labute approximate surface area is 116 Å². The average Bonchev–Trinajstić information content (AvgIpc) is 2.34. The molecule has 0 aromatic heterocycles. The topological polar surface area (TPSA) is 30.5 Å². The third-order valence-corrected chi connectivity index (χ3v) is 2.92. The van der Waals surface area contributed by atoms with Gasteiger partial charge in [0.15, 0.2) is 11.5 Å². The molecule has 0 saturated heterocycles. The molecule has 0 spiro atoms. The third-order valence-electron chi connectivity index (χ3n) is 2.33. The van der Waals surface area contributed by atoms with E-state index in [2.05, 4.69) is 35.1 Å². The molecule has 1 aromatic carbocycles. The van der Waals surface area contributed by atoms with Crippen LogP contribution in [0.4, 0.5) is 4.39 Å². The molecule has 0 unspecified atom stereocenters. The van der Waals surface area contributed by atoms with Crippen LogP contribution in [0.2, 0.25) is 0 Å². The van der Waals surface area contributed by atoms with Gasteiger partial charge in [-0.1, -0.05) is 13.8 Å². The van der Waals surface area contributed by atoms with E-state index in [0.717, 1.165) is 16.6 Å². The molecular formula is C13H19BrFNO2. The van der Waals surface area contributed by atoms with Crippen LogP contribution in [0.1, 0.15) is 19.4 Å². The van der Waals surface area contributed by atoms with Crippen LogP contribution in [0.25, 0.3) is 0 Å². The van der Waals surface area contributed by atoms with Gasteiger partial charge < -0.3 is 14.8 Å². The minimum atomic E-state index is -0.522. The van der Waals surface area contributed by atoms with Crippen LogP contribution in [-0.4, -0.2) is 26.4 Å². The van der Waals surface area contributed by atoms with Crippen molar-refractivity contribution in [3.8, 4) is 11.5 Å². The largest absolute Gasteiger partial charge is 0.493 e. The van der Waals surface area contributed by atoms with Crippen molar-refractivity contribution >= 4 is 15.9 Å². The van der Waals surface area contributed by atoms with Gasteiger partial charge >= 0.3 is 0 Å². The van der Waals surface area contributed by atoms with E-state index >= 15 is 0 Å². The molecule has 0 aliphatic carbocycles. The first-order valence-corrected chi connectivity index (χ1v) is 6.66. The Kier molecular flexibility index (Phi) is 6.43. The van der Waals surface area contributed by atoms with Gasteiger partial charge in [0.25, 0.3) is 0 Å². The van der Waals surface area contributed by atoms with Crippen molar-refractivity contribution in [2.45, 2.75) is 26.4 Å². The molecule has 18 heavy (non-hydrogen) atoms. The number of methoxy groups -OCH3 is 1. The molecule has 0 saturated carbocycles. The Morgan fingerprint density at radius 2 is 2.11 bits per heavy atom. The molecule has 0 heterocycles. The van der Waals surface area contributed by atoms with E-state index in [0.29, 0.717) is 17.5 Å². The predicted molar refractivity (Wildman–Crippen MR) is 74.1 cm³/mol. The Hall–Kier alpha value is -0.810. The summed E-state index contributed by atoms with van der Waals surface area (Å²) in [6.07, 6.45) is 0. The molecule has 3 nitrogen and oxygen atoms in total. The predicted octanol–water partition coefficient (Wildman–Crippen LogP) is 3.30. The lowest BCUT2D eigenvalue weighted by molar-refractivity contribution is 0.258. The summed E-state index contributed by atoms with van der Waals surface area (Å²) in [5.41, 5.74) is 1.08. The first-order chi connectivity index (χ1) is 8.58. The molecule has 0 amide bonds. The number of nitrogens with one attached hydrogen (secondary N) is 1. The van der Waals surface area contributed by atoms with Crippen LogP contribution in [0.3, 0.4) is 0 Å². The summed E-state index contributed by atoms with van der Waals surface area (Å²) in [7, 11) is 1.57. The fourth-order valence-electron chi connectivity index (χ4n) is 1.48. The van der Waals surface area contributed by atoms with Crippen LogP contribution in [-0.2, 0) is 6.54 Å². The van der Waals surface area contributed by atoms with Gasteiger partial charge in [0, 0.05) is 12.6 Å². The zero-order valence-electron chi connectivity index (χ0n) is 10.9. The lowest BCUT2D eigenvalue weighted by atomic mass is 10.2. The summed E-state index contributed by atoms with van der Waals surface area (Å²) < 4.78 is 23.5. The zero-order valence-corrected chi connectivity index (χ0v) is 12.5. The molecule has 0 aliphatic rings. The van der Waals surface area contributed by atoms with Crippen molar-refractivity contribution in [2.75, 3.05) is 20.4 Å². The summed E-state index contributed by atoms with van der Waals surface area (Å²) >= 11 is 3.42. The number of hydrogen-bond acceptors (Lipinski definition) is 3. The molecule has 5 heteroatoms. The summed E-state index contributed by atoms with van der Waals surface area (Å²) in [4.78, 5) is 0. The second kappa shape index (κ2) is 7.59. The highest BCUT2D eigenvalue weighted by atomic mass is 79.9. The molecule has 0 fully saturated rings. The van der Waals surface area contributed by atoms with E-state index in [1.54, 1.807) is 7.11 Å². The summed E-state index contributed by atoms with van der Waals surface area (Å²) in [5.74, 6) is 1.15. The maximum atomic E-state index is 12.1. The average molecular weight is 320 g/mol. The van der Waals surface area contributed by atoms with Gasteiger partial charge in [-0.15, -0.1) is 0 Å². The van der Waals surface area contributed by atoms with Crippen molar-refractivity contribution in [1.29, 1.82) is 0 Å². The number of ether oxygens (including phenoxy) is 2. The summed E-state index contributed by atoms with van der Waals surface area (Å²) in [6, 6.07) is 4.26. The van der Waals surface area contributed by atoms with Gasteiger partial charge in [0.05, 0.1) is 11.6 Å². The van der Waals surface area contributed by atoms with Crippen molar-refractivity contribution in [3.63, 3.8) is 0 Å². The van der Waals surface area contributed by atoms with Crippen molar-refractivity contribution in [1.82, 2.24) is 5.32 Å². The maximum absolute atomic E-state index is 12.1. The molecule has 1 N–H and O–H groups in total. The summed E-state index contributed by atoms with van der Waals surface area (Å²) in [5, 5.41) is 3.33. The van der Waals surface area contributed by atoms with Gasteiger partial charge in [-0.25, -0.2) is 4.39 Å². The Morgan fingerprint density at radius 3 is 2.67 bits per heavy atom. The Balaban J connectivity index is 2.88. The highest BCUT2D eigenvalue weighted by Gasteiger charge is 2.11. The SMILES string of the molecule is COc1cc(CNC(C)C)cc(Br)c1OCCF. The maximum Gasteiger partial charge on any atom is 0.175 e. The molecule has 1 aromatic rings. The first-order valence-electron chi connectivity index (χ1n) is 5.87. The standard InChI is InChI=1S/C13H19BrFNO2/c1-9(2)16-8-10-6-11(14)13(18-5-4-15)12(7-10)17-3/h6-7,9,16H,4-5,8H2,1-3H3. The normalized spacial score (nSPS) is 10.8. The molecule has 0 bridgehead atoms. The number of benzene rings is 1. The molecule has 0 atom stereocenters. The monoisotopic (exact) mass is 319 g/mol. The van der Waals surface area contributed by atoms with Crippen molar-refractivity contribution in [3.05, 3.63) is 22.2 Å². The highest BCUT2D eigenvalue weighted by Crippen LogP contribution is 2.36. The Morgan fingerprint density at radius 1 is 1.39 bits per heavy atom. The summed E-state index contributed by atoms with van der Waals surface area (Å²) in [6.45, 7) is 4.43. The van der Waals surface area contributed by atoms with Crippen LogP contribution in [0, 0.1) is 0 Å². The van der Waals surface area contributed by atoms with Gasteiger partial charge in [-0.3, -0.25) is 0 Å². The van der Waals surface area contributed by atoms with E-state index in [1.165, 1.54) is 0 Å². The molecule has 0 aliphatic heterocycles. The van der Waals surface area contributed by atoms with Crippen molar-refractivity contribution in [2.24, 2.45) is 0 Å². The highest BCUT2D eigenvalue weighted by molar-refractivity contribution is 9.10. The number of halogens is 2. The number of rotatable bonds is 7. The van der Waals surface area contributed by atoms with Crippen molar-refractivity contribution < 1.29 is 13.9 Å². The van der Waals surface area contributed by atoms with E-state index in [-0.39, 0.29) is 6.61 Å². The van der Waals surface area contributed by atoms with Crippen LogP contribution in [0.5, 0.6) is 11.5 Å². The second-order valence-electron chi connectivity index (χ2n) is 4.18. The van der Waals surface area contributed by atoms with E-state index in [4.69, 9.17) is 9.47 Å². The molecule has 102 valence electrons. The minimum Gasteiger partial charge on any atom is -0.493 e. The lowest BCUT2D eigenvalue weighted by Crippen LogP contribution is -2.21. The third kappa shape index (κ3) is 4.46. The fraction of sp³-hybridized carbons (Fsp3) is 0.538. The first kappa shape index (κ1) is 15.2. The molecule has 0 radical (unpaired) electrons. The fourth-order valence-corrected chi connectivity index (χ4v) is 2.08. The second-order valence-corrected chi connectivity index (χ2v) is 5.04. The number of alkyl halides is 1. The van der Waals surface area contributed by atoms with Gasteiger partial charge in [-0.05, 0) is 33.6 Å². The molecule has 1 rings (SSSR count). The quantitative estimate of drug-likeness (QED) is 0.836. The van der Waals surface area contributed by atoms with E-state index in [9.17, 15) is 4.39 Å². The van der Waals surface area contributed by atoms with Crippen LogP contribution < -0.4 is 14.8 Å². The molecular weight excluding hydrogens is 301 g/mol. The van der Waals surface area contributed by atoms with E-state index in [1.807, 2.05) is 12.1 Å². The smallest absolute Gasteiger partial charge is 0.175 e. The zero-order chi connectivity index (χ0) is 13.5. The van der Waals surface area contributed by atoms with Crippen LogP contribution >= 0.6 is 15.9 Å². The van der Waals surface area contributed by atoms with E-state index < -0.39 is 6.67 Å². The Bertz CT molecular complexity index is 385. The van der Waals surface area contributed by atoms with Gasteiger partial charge in [-0.2, -0.15) is 0 Å². The van der Waals surface area contributed by atoms with Gasteiger partial charge in [0.2, 0.25) is 0 Å². The van der Waals surface area contributed by atoms with Crippen LogP contribution in [0.15, 0.2) is 16.6 Å². The van der Waals surface area contributed by atoms with Gasteiger partial charge in [0.1, 0.15) is 13.3 Å².